The quantitative estimate of drug-likeness (QED) is 0.708. The van der Waals surface area contributed by atoms with E-state index in [0.29, 0.717) is 11.6 Å². The van der Waals surface area contributed by atoms with E-state index in [9.17, 15) is 4.39 Å². The molecule has 5 nitrogen and oxygen atoms in total. The molecule has 4 rings (SSSR count). The molecule has 0 spiro atoms. The zero-order valence-electron chi connectivity index (χ0n) is 14.7. The van der Waals surface area contributed by atoms with Gasteiger partial charge in [-0.15, -0.1) is 5.10 Å². The molecule has 0 aliphatic carbocycles. The van der Waals surface area contributed by atoms with Crippen molar-refractivity contribution in [2.45, 2.75) is 12.6 Å². The Morgan fingerprint density at radius 3 is 2.48 bits per heavy atom. The highest BCUT2D eigenvalue weighted by atomic mass is 35.5. The Balaban J connectivity index is 1.68. The Morgan fingerprint density at radius 1 is 1.07 bits per heavy atom. The largest absolute Gasteiger partial charge is 0.321 e. The van der Waals surface area contributed by atoms with Gasteiger partial charge in [0.2, 0.25) is 5.82 Å². The maximum absolute atomic E-state index is 13.2. The van der Waals surface area contributed by atoms with E-state index in [2.05, 4.69) is 27.7 Å². The number of hydrogen-bond acceptors (Lipinski definition) is 4. The fraction of sp³-hybridized carbons (Fsp3) is 0.316. The summed E-state index contributed by atoms with van der Waals surface area (Å²) in [7, 11) is 0. The predicted molar refractivity (Wildman–Crippen MR) is 105 cm³/mol. The third-order valence-corrected chi connectivity index (χ3v) is 6.05. The molecule has 1 aromatic heterocycles. The first-order chi connectivity index (χ1) is 13.2. The lowest BCUT2D eigenvalue weighted by atomic mass is 10.0. The van der Waals surface area contributed by atoms with Crippen LogP contribution < -0.4 is 4.90 Å². The summed E-state index contributed by atoms with van der Waals surface area (Å²) in [6, 6.07) is 14.4. The van der Waals surface area contributed by atoms with E-state index in [0.717, 1.165) is 41.5 Å². The summed E-state index contributed by atoms with van der Waals surface area (Å²) in [6.07, 6.45) is 0. The number of tetrazole rings is 1. The number of quaternary nitrogens is 1. The zero-order valence-corrected chi connectivity index (χ0v) is 16.3. The van der Waals surface area contributed by atoms with Crippen molar-refractivity contribution < 1.29 is 9.29 Å². The van der Waals surface area contributed by atoms with Gasteiger partial charge in [-0.2, -0.15) is 11.8 Å². The molecule has 1 atom stereocenters. The number of nitrogens with zero attached hydrogens (tertiary/aromatic N) is 4. The SMILES string of the molecule is Fc1ccc(Cn2nnnc2[C@H](c2ccc(Cl)cc2)[NH+]2CCSCC2)cc1. The van der Waals surface area contributed by atoms with E-state index >= 15 is 0 Å². The lowest BCUT2D eigenvalue weighted by Gasteiger charge is -2.30. The normalized spacial score (nSPS) is 16.4. The number of rotatable bonds is 5. The van der Waals surface area contributed by atoms with Crippen molar-refractivity contribution in [1.29, 1.82) is 0 Å². The highest BCUT2D eigenvalue weighted by Crippen LogP contribution is 2.21. The molecule has 1 aliphatic rings. The molecule has 8 heteroatoms. The first-order valence-corrected chi connectivity index (χ1v) is 10.4. The van der Waals surface area contributed by atoms with Crippen LogP contribution >= 0.6 is 23.4 Å². The second-order valence-electron chi connectivity index (χ2n) is 6.58. The van der Waals surface area contributed by atoms with Gasteiger partial charge in [-0.1, -0.05) is 35.9 Å². The summed E-state index contributed by atoms with van der Waals surface area (Å²) < 4.78 is 15.0. The number of hydrogen-bond donors (Lipinski definition) is 1. The molecule has 0 amide bonds. The minimum atomic E-state index is -0.245. The molecular formula is C19H20ClFN5S+. The molecule has 140 valence electrons. The van der Waals surface area contributed by atoms with Crippen LogP contribution in [0.1, 0.15) is 23.0 Å². The van der Waals surface area contributed by atoms with Gasteiger partial charge in [0, 0.05) is 22.1 Å². The maximum Gasteiger partial charge on any atom is 0.214 e. The fourth-order valence-electron chi connectivity index (χ4n) is 3.44. The van der Waals surface area contributed by atoms with E-state index in [-0.39, 0.29) is 11.9 Å². The monoisotopic (exact) mass is 404 g/mol. The first-order valence-electron chi connectivity index (χ1n) is 8.89. The highest BCUT2D eigenvalue weighted by molar-refractivity contribution is 7.99. The van der Waals surface area contributed by atoms with Crippen molar-refractivity contribution in [3.8, 4) is 0 Å². The van der Waals surface area contributed by atoms with Crippen molar-refractivity contribution in [3.63, 3.8) is 0 Å². The molecular weight excluding hydrogens is 385 g/mol. The molecule has 1 aliphatic heterocycles. The molecule has 2 heterocycles. The van der Waals surface area contributed by atoms with E-state index in [1.165, 1.54) is 17.0 Å². The van der Waals surface area contributed by atoms with Crippen LogP contribution in [0.3, 0.4) is 0 Å². The van der Waals surface area contributed by atoms with E-state index in [4.69, 9.17) is 11.6 Å². The topological polar surface area (TPSA) is 48.0 Å². The molecule has 1 saturated heterocycles. The van der Waals surface area contributed by atoms with Crippen molar-refractivity contribution in [3.05, 3.63) is 76.3 Å². The molecule has 0 unspecified atom stereocenters. The Kier molecular flexibility index (Phi) is 5.71. The van der Waals surface area contributed by atoms with Crippen LogP contribution in [0.2, 0.25) is 5.02 Å². The number of benzene rings is 2. The summed E-state index contributed by atoms with van der Waals surface area (Å²) in [5, 5.41) is 13.2. The van der Waals surface area contributed by atoms with Crippen LogP contribution in [0.5, 0.6) is 0 Å². The number of aromatic nitrogens is 4. The van der Waals surface area contributed by atoms with E-state index < -0.39 is 0 Å². The summed E-state index contributed by atoms with van der Waals surface area (Å²) in [5.74, 6) is 2.83. The minimum absolute atomic E-state index is 0.0404. The Morgan fingerprint density at radius 2 is 1.78 bits per heavy atom. The Bertz CT molecular complexity index is 878. The zero-order chi connectivity index (χ0) is 18.6. The summed E-state index contributed by atoms with van der Waals surface area (Å²) in [6.45, 7) is 2.62. The molecule has 0 saturated carbocycles. The second kappa shape index (κ2) is 8.37. The molecule has 2 aromatic carbocycles. The van der Waals surface area contributed by atoms with Crippen LogP contribution in [0.15, 0.2) is 48.5 Å². The van der Waals surface area contributed by atoms with Gasteiger partial charge >= 0.3 is 0 Å². The minimum Gasteiger partial charge on any atom is -0.321 e. The van der Waals surface area contributed by atoms with Crippen molar-refractivity contribution >= 4 is 23.4 Å². The summed E-state index contributed by atoms with van der Waals surface area (Å²) in [4.78, 5) is 1.45. The van der Waals surface area contributed by atoms with Crippen molar-refractivity contribution in [1.82, 2.24) is 20.2 Å². The third kappa shape index (κ3) is 4.31. The predicted octanol–water partition coefficient (Wildman–Crippen LogP) is 2.24. The third-order valence-electron chi connectivity index (χ3n) is 4.81. The van der Waals surface area contributed by atoms with Gasteiger partial charge < -0.3 is 4.90 Å². The smallest absolute Gasteiger partial charge is 0.214 e. The van der Waals surface area contributed by atoms with Crippen LogP contribution in [0, 0.1) is 5.82 Å². The van der Waals surface area contributed by atoms with Crippen LogP contribution in [0.25, 0.3) is 0 Å². The molecule has 3 aromatic rings. The Hall–Kier alpha value is -1.96. The van der Waals surface area contributed by atoms with Gasteiger partial charge in [0.1, 0.15) is 5.82 Å². The summed E-state index contributed by atoms with van der Waals surface area (Å²) >= 11 is 8.08. The van der Waals surface area contributed by atoms with Gasteiger partial charge in [-0.3, -0.25) is 0 Å². The van der Waals surface area contributed by atoms with Crippen LogP contribution in [-0.4, -0.2) is 44.8 Å². The van der Waals surface area contributed by atoms with Gasteiger partial charge in [0.05, 0.1) is 19.6 Å². The van der Waals surface area contributed by atoms with Crippen molar-refractivity contribution in [2.75, 3.05) is 24.6 Å². The van der Waals surface area contributed by atoms with Gasteiger partial charge in [0.15, 0.2) is 6.04 Å². The summed E-state index contributed by atoms with van der Waals surface area (Å²) in [5.41, 5.74) is 2.11. The van der Waals surface area contributed by atoms with Crippen molar-refractivity contribution in [2.24, 2.45) is 0 Å². The Labute approximate surface area is 166 Å². The average Bonchev–Trinajstić information content (AvgIpc) is 3.14. The standard InChI is InChI=1S/C19H19ClFN5S/c20-16-5-3-15(4-6-16)18(25-9-11-27-12-10-25)19-22-23-24-26(19)13-14-1-7-17(21)8-2-14/h1-8,18H,9-13H2/p+1/t18-/m0/s1. The number of halogens is 2. The van der Waals surface area contributed by atoms with E-state index in [1.54, 1.807) is 12.1 Å². The lowest BCUT2D eigenvalue weighted by Crippen LogP contribution is -3.14. The first kappa shape index (κ1) is 18.4. The molecule has 1 N–H and O–H groups in total. The van der Waals surface area contributed by atoms with E-state index in [1.807, 2.05) is 28.6 Å². The maximum atomic E-state index is 13.2. The molecule has 27 heavy (non-hydrogen) atoms. The molecule has 0 radical (unpaired) electrons. The highest BCUT2D eigenvalue weighted by Gasteiger charge is 2.32. The number of nitrogens with one attached hydrogen (secondary N) is 1. The average molecular weight is 405 g/mol. The van der Waals surface area contributed by atoms with Gasteiger partial charge in [-0.05, 0) is 40.3 Å². The number of thioether (sulfide) groups is 1. The van der Waals surface area contributed by atoms with Crippen LogP contribution in [0.4, 0.5) is 4.39 Å². The van der Waals surface area contributed by atoms with Gasteiger partial charge in [0.25, 0.3) is 0 Å². The van der Waals surface area contributed by atoms with Crippen LogP contribution in [-0.2, 0) is 6.54 Å². The lowest BCUT2D eigenvalue weighted by molar-refractivity contribution is -0.922. The fourth-order valence-corrected chi connectivity index (χ4v) is 4.58. The second-order valence-corrected chi connectivity index (χ2v) is 8.24. The van der Waals surface area contributed by atoms with Gasteiger partial charge in [-0.25, -0.2) is 9.07 Å². The molecule has 1 fully saturated rings. The molecule has 0 bridgehead atoms.